The molecule has 0 saturated carbocycles. The summed E-state index contributed by atoms with van der Waals surface area (Å²) in [5.41, 5.74) is 3.76. The zero-order valence-electron chi connectivity index (χ0n) is 16.4. The van der Waals surface area contributed by atoms with Crippen molar-refractivity contribution in [3.05, 3.63) is 99.6 Å². The standard InChI is InChI=1S/C23H21N3O4/c1-15-4-6-16(7-5-15)19(12-23(27)25-13-18-3-2-10-30-18)21-14-24-22-9-8-17(26(28)29)11-20(21)22/h2-11,14,19,24H,12-13H2,1H3,(H,25,27)/t19-/m1/s1. The third kappa shape index (κ3) is 4.10. The highest BCUT2D eigenvalue weighted by atomic mass is 16.6. The molecule has 1 amide bonds. The molecular weight excluding hydrogens is 382 g/mol. The van der Waals surface area contributed by atoms with E-state index in [1.807, 2.05) is 37.4 Å². The van der Waals surface area contributed by atoms with Crippen molar-refractivity contribution in [1.82, 2.24) is 10.3 Å². The molecule has 0 aliphatic carbocycles. The number of amides is 1. The molecule has 0 aliphatic heterocycles. The number of rotatable bonds is 7. The van der Waals surface area contributed by atoms with E-state index >= 15 is 0 Å². The SMILES string of the molecule is Cc1ccc([C@@H](CC(=O)NCc2ccco2)c2c[nH]c3ccc([N+](=O)[O-])cc23)cc1. The Balaban J connectivity index is 1.67. The van der Waals surface area contributed by atoms with Crippen molar-refractivity contribution in [3.8, 4) is 0 Å². The molecule has 0 fully saturated rings. The second-order valence-corrected chi connectivity index (χ2v) is 7.25. The summed E-state index contributed by atoms with van der Waals surface area (Å²) in [4.78, 5) is 26.7. The topological polar surface area (TPSA) is 101 Å². The number of carbonyl (C=O) groups is 1. The fourth-order valence-electron chi connectivity index (χ4n) is 3.59. The lowest BCUT2D eigenvalue weighted by atomic mass is 9.87. The minimum absolute atomic E-state index is 0.0216. The number of aromatic nitrogens is 1. The van der Waals surface area contributed by atoms with Crippen molar-refractivity contribution < 1.29 is 14.1 Å². The summed E-state index contributed by atoms with van der Waals surface area (Å²) in [5.74, 6) is 0.299. The number of furan rings is 1. The molecule has 7 nitrogen and oxygen atoms in total. The molecule has 2 N–H and O–H groups in total. The number of H-pyrrole nitrogens is 1. The van der Waals surface area contributed by atoms with Gasteiger partial charge in [0, 0.05) is 41.6 Å². The van der Waals surface area contributed by atoms with Gasteiger partial charge in [-0.2, -0.15) is 0 Å². The molecule has 30 heavy (non-hydrogen) atoms. The number of nitrogens with zero attached hydrogens (tertiary/aromatic N) is 1. The van der Waals surface area contributed by atoms with E-state index in [9.17, 15) is 14.9 Å². The number of benzene rings is 2. The van der Waals surface area contributed by atoms with Crippen LogP contribution in [0, 0.1) is 17.0 Å². The van der Waals surface area contributed by atoms with Crippen molar-refractivity contribution in [3.63, 3.8) is 0 Å². The Kier molecular flexibility index (Phi) is 5.34. The van der Waals surface area contributed by atoms with Crippen LogP contribution in [0.25, 0.3) is 10.9 Å². The molecule has 0 radical (unpaired) electrons. The quantitative estimate of drug-likeness (QED) is 0.341. The lowest BCUT2D eigenvalue weighted by molar-refractivity contribution is -0.384. The van der Waals surface area contributed by atoms with Crippen LogP contribution in [0.15, 0.2) is 71.5 Å². The van der Waals surface area contributed by atoms with E-state index in [0.717, 1.165) is 27.6 Å². The molecule has 0 unspecified atom stereocenters. The number of non-ortho nitro benzene ring substituents is 1. The normalized spacial score (nSPS) is 12.0. The van der Waals surface area contributed by atoms with Gasteiger partial charge in [0.05, 0.1) is 17.7 Å². The summed E-state index contributed by atoms with van der Waals surface area (Å²) in [7, 11) is 0. The maximum atomic E-state index is 12.7. The Morgan fingerprint density at radius 2 is 2.00 bits per heavy atom. The third-order valence-corrected chi connectivity index (χ3v) is 5.19. The summed E-state index contributed by atoms with van der Waals surface area (Å²) in [6.45, 7) is 2.32. The number of nitro benzene ring substituents is 1. The number of hydrogen-bond donors (Lipinski definition) is 2. The largest absolute Gasteiger partial charge is 0.467 e. The first kappa shape index (κ1) is 19.4. The number of aryl methyl sites for hydroxylation is 1. The molecule has 4 rings (SSSR count). The molecule has 152 valence electrons. The van der Waals surface area contributed by atoms with Gasteiger partial charge in [-0.15, -0.1) is 0 Å². The minimum Gasteiger partial charge on any atom is -0.467 e. The first-order chi connectivity index (χ1) is 14.5. The fourth-order valence-corrected chi connectivity index (χ4v) is 3.59. The van der Waals surface area contributed by atoms with E-state index in [2.05, 4.69) is 10.3 Å². The van der Waals surface area contributed by atoms with E-state index in [-0.39, 0.29) is 23.9 Å². The van der Waals surface area contributed by atoms with Gasteiger partial charge in [-0.05, 0) is 36.2 Å². The third-order valence-electron chi connectivity index (χ3n) is 5.19. The fraction of sp³-hybridized carbons (Fsp3) is 0.174. The van der Waals surface area contributed by atoms with E-state index in [4.69, 9.17) is 4.42 Å². The van der Waals surface area contributed by atoms with Gasteiger partial charge in [0.25, 0.3) is 5.69 Å². The lowest BCUT2D eigenvalue weighted by Crippen LogP contribution is -2.24. The molecular formula is C23H21N3O4. The van der Waals surface area contributed by atoms with Crippen LogP contribution < -0.4 is 5.32 Å². The van der Waals surface area contributed by atoms with E-state index in [0.29, 0.717) is 12.3 Å². The van der Waals surface area contributed by atoms with Crippen LogP contribution in [0.5, 0.6) is 0 Å². The van der Waals surface area contributed by atoms with Gasteiger partial charge < -0.3 is 14.7 Å². The number of nitro groups is 1. The summed E-state index contributed by atoms with van der Waals surface area (Å²) >= 11 is 0. The first-order valence-electron chi connectivity index (χ1n) is 9.62. The zero-order valence-corrected chi connectivity index (χ0v) is 16.4. The highest BCUT2D eigenvalue weighted by Gasteiger charge is 2.22. The summed E-state index contributed by atoms with van der Waals surface area (Å²) in [6, 6.07) is 16.3. The average Bonchev–Trinajstić information content (AvgIpc) is 3.40. The lowest BCUT2D eigenvalue weighted by Gasteiger charge is -2.17. The molecule has 2 heterocycles. The molecule has 2 aromatic heterocycles. The predicted octanol–water partition coefficient (Wildman–Crippen LogP) is 4.82. The number of hydrogen-bond acceptors (Lipinski definition) is 4. The van der Waals surface area contributed by atoms with Crippen molar-refractivity contribution in [1.29, 1.82) is 0 Å². The van der Waals surface area contributed by atoms with Gasteiger partial charge in [0.15, 0.2) is 0 Å². The zero-order chi connectivity index (χ0) is 21.1. The Morgan fingerprint density at radius 3 is 2.70 bits per heavy atom. The predicted molar refractivity (Wildman–Crippen MR) is 113 cm³/mol. The summed E-state index contributed by atoms with van der Waals surface area (Å²) in [6.07, 6.45) is 3.60. The Labute approximate surface area is 172 Å². The maximum absolute atomic E-state index is 12.7. The number of fused-ring (bicyclic) bond motifs is 1. The van der Waals surface area contributed by atoms with Crippen LogP contribution in [0.3, 0.4) is 0 Å². The molecule has 0 aliphatic rings. The van der Waals surface area contributed by atoms with Crippen molar-refractivity contribution in [2.24, 2.45) is 0 Å². The van der Waals surface area contributed by atoms with Gasteiger partial charge in [0.1, 0.15) is 5.76 Å². The number of carbonyl (C=O) groups excluding carboxylic acids is 1. The van der Waals surface area contributed by atoms with Gasteiger partial charge in [-0.25, -0.2) is 0 Å². The average molecular weight is 403 g/mol. The van der Waals surface area contributed by atoms with Gasteiger partial charge in [0.2, 0.25) is 5.91 Å². The Morgan fingerprint density at radius 1 is 1.20 bits per heavy atom. The highest BCUT2D eigenvalue weighted by molar-refractivity contribution is 5.87. The van der Waals surface area contributed by atoms with Gasteiger partial charge in [-0.3, -0.25) is 14.9 Å². The molecule has 0 saturated heterocycles. The van der Waals surface area contributed by atoms with Crippen molar-refractivity contribution in [2.75, 3.05) is 0 Å². The number of aromatic amines is 1. The van der Waals surface area contributed by atoms with Gasteiger partial charge >= 0.3 is 0 Å². The van der Waals surface area contributed by atoms with Crippen molar-refractivity contribution in [2.45, 2.75) is 25.8 Å². The van der Waals surface area contributed by atoms with Crippen LogP contribution in [-0.4, -0.2) is 15.8 Å². The van der Waals surface area contributed by atoms with Gasteiger partial charge in [-0.1, -0.05) is 29.8 Å². The van der Waals surface area contributed by atoms with Crippen LogP contribution in [0.4, 0.5) is 5.69 Å². The van der Waals surface area contributed by atoms with Crippen LogP contribution >= 0.6 is 0 Å². The summed E-state index contributed by atoms with van der Waals surface area (Å²) in [5, 5.41) is 14.9. The van der Waals surface area contributed by atoms with Crippen LogP contribution in [0.1, 0.15) is 34.8 Å². The molecule has 1 atom stereocenters. The van der Waals surface area contributed by atoms with Crippen LogP contribution in [-0.2, 0) is 11.3 Å². The maximum Gasteiger partial charge on any atom is 0.270 e. The minimum atomic E-state index is -0.410. The second-order valence-electron chi connectivity index (χ2n) is 7.25. The van der Waals surface area contributed by atoms with E-state index in [1.165, 1.54) is 6.07 Å². The molecule has 4 aromatic rings. The molecule has 0 bridgehead atoms. The Bertz CT molecular complexity index is 1180. The molecule has 2 aromatic carbocycles. The van der Waals surface area contributed by atoms with E-state index < -0.39 is 4.92 Å². The van der Waals surface area contributed by atoms with Crippen LogP contribution in [0.2, 0.25) is 0 Å². The monoisotopic (exact) mass is 403 g/mol. The number of nitrogens with one attached hydrogen (secondary N) is 2. The first-order valence-corrected chi connectivity index (χ1v) is 9.62. The van der Waals surface area contributed by atoms with E-state index in [1.54, 1.807) is 30.5 Å². The smallest absolute Gasteiger partial charge is 0.270 e. The van der Waals surface area contributed by atoms with Crippen molar-refractivity contribution >= 4 is 22.5 Å². The Hall–Kier alpha value is -3.87. The highest BCUT2D eigenvalue weighted by Crippen LogP contribution is 2.35. The second kappa shape index (κ2) is 8.24. The molecule has 7 heteroatoms. The molecule has 0 spiro atoms. The summed E-state index contributed by atoms with van der Waals surface area (Å²) < 4.78 is 5.27.